The zero-order valence-corrected chi connectivity index (χ0v) is 32.2. The lowest BCUT2D eigenvalue weighted by Gasteiger charge is -2.13. The molecule has 0 aliphatic rings. The van der Waals surface area contributed by atoms with Gasteiger partial charge in [0, 0.05) is 43.4 Å². The molecule has 0 N–H and O–H groups in total. The Hall–Kier alpha value is -8.22. The third-order valence-electron chi connectivity index (χ3n) is 12.1. The quantitative estimate of drug-likeness (QED) is 0.164. The van der Waals surface area contributed by atoms with Crippen molar-refractivity contribution in [2.45, 2.75) is 0 Å². The smallest absolute Gasteiger partial charge is 0.235 e. The topological polar surface area (TPSA) is 61.4 Å². The van der Waals surface area contributed by atoms with Crippen LogP contribution in [0.25, 0.3) is 122 Å². The molecule has 0 saturated carbocycles. The van der Waals surface area contributed by atoms with E-state index in [1.807, 2.05) is 24.3 Å². The van der Waals surface area contributed by atoms with Gasteiger partial charge >= 0.3 is 0 Å². The maximum Gasteiger partial charge on any atom is 0.235 e. The summed E-state index contributed by atoms with van der Waals surface area (Å²) in [5, 5.41) is 9.13. The summed E-state index contributed by atoms with van der Waals surface area (Å²) >= 11 is 0. The van der Waals surface area contributed by atoms with Crippen LogP contribution in [0.1, 0.15) is 0 Å². The molecule has 4 heterocycles. The highest BCUT2D eigenvalue weighted by atomic mass is 15.2. The summed E-state index contributed by atoms with van der Waals surface area (Å²) in [5.74, 6) is 1.28. The van der Waals surface area contributed by atoms with Crippen LogP contribution in [-0.4, -0.2) is 29.1 Å². The summed E-state index contributed by atoms with van der Waals surface area (Å²) in [5.41, 5.74) is 12.2. The molecule has 6 heteroatoms. The number of aromatic nitrogens is 6. The molecule has 0 fully saturated rings. The van der Waals surface area contributed by atoms with Crippen LogP contribution in [0.4, 0.5) is 0 Å². The van der Waals surface area contributed by atoms with Crippen LogP contribution in [0.2, 0.25) is 0 Å². The van der Waals surface area contributed by atoms with Gasteiger partial charge in [0.1, 0.15) is 0 Å². The number of fused-ring (bicyclic) bond motifs is 5. The largest absolute Gasteiger partial charge is 0.278 e. The first kappa shape index (κ1) is 32.8. The van der Waals surface area contributed by atoms with Crippen LogP contribution in [0, 0.1) is 0 Å². The number of benzene rings is 9. The second-order valence-corrected chi connectivity index (χ2v) is 15.5. The fourth-order valence-corrected chi connectivity index (χ4v) is 9.40. The molecule has 0 saturated heterocycles. The third kappa shape index (κ3) is 4.82. The predicted molar refractivity (Wildman–Crippen MR) is 246 cm³/mol. The van der Waals surface area contributed by atoms with E-state index < -0.39 is 0 Å². The fraction of sp³-hybridized carbons (Fsp3) is 0. The highest BCUT2D eigenvalue weighted by molar-refractivity contribution is 6.25. The van der Waals surface area contributed by atoms with Crippen molar-refractivity contribution in [3.05, 3.63) is 194 Å². The first-order chi connectivity index (χ1) is 29.7. The van der Waals surface area contributed by atoms with Crippen molar-refractivity contribution in [3.63, 3.8) is 0 Å². The van der Waals surface area contributed by atoms with Gasteiger partial charge in [0.05, 0.1) is 44.5 Å². The van der Waals surface area contributed by atoms with Crippen molar-refractivity contribution in [1.82, 2.24) is 29.1 Å². The molecule has 13 aromatic rings. The van der Waals surface area contributed by atoms with E-state index in [1.165, 1.54) is 21.5 Å². The maximum atomic E-state index is 5.37. The Bertz CT molecular complexity index is 3830. The van der Waals surface area contributed by atoms with E-state index in [4.69, 9.17) is 19.9 Å². The number of nitrogens with zero attached hydrogens (tertiary/aromatic N) is 6. The number of hydrogen-bond acceptors (Lipinski definition) is 4. The van der Waals surface area contributed by atoms with Crippen LogP contribution in [0.5, 0.6) is 0 Å². The van der Waals surface area contributed by atoms with Gasteiger partial charge in [0.2, 0.25) is 11.9 Å². The van der Waals surface area contributed by atoms with Gasteiger partial charge in [-0.2, -0.15) is 0 Å². The van der Waals surface area contributed by atoms with E-state index in [0.717, 1.165) is 88.3 Å². The van der Waals surface area contributed by atoms with Gasteiger partial charge in [-0.05, 0) is 64.4 Å². The average Bonchev–Trinajstić information content (AvgIpc) is 3.84. The molecular formula is C54H32N6. The Kier molecular flexibility index (Phi) is 6.91. The lowest BCUT2D eigenvalue weighted by Crippen LogP contribution is -2.03. The molecule has 0 aliphatic carbocycles. The Morgan fingerprint density at radius 2 is 0.800 bits per heavy atom. The van der Waals surface area contributed by atoms with E-state index in [2.05, 4.69) is 179 Å². The van der Waals surface area contributed by atoms with E-state index in [0.29, 0.717) is 11.9 Å². The summed E-state index contributed by atoms with van der Waals surface area (Å²) in [6, 6.07) is 68.4. The molecule has 60 heavy (non-hydrogen) atoms. The Balaban J connectivity index is 1.07. The molecule has 6 nitrogen and oxygen atoms in total. The standard InChI is InChI=1S/C54H32N6/c1-3-14-34(15-4-1)51-41-20-7-10-22-43(41)55-53(57-51)59-45-24-12-9-19-39(45)40-29-28-36(31-47(40)59)38-30-37-27-26-33-18-13-25-46-49(33)50(37)48(32-38)60(46)54-56-44-23-11-8-21-42(44)52(58-54)35-16-5-2-6-17-35/h1-32H. The zero-order chi connectivity index (χ0) is 39.3. The van der Waals surface area contributed by atoms with Crippen LogP contribution >= 0.6 is 0 Å². The van der Waals surface area contributed by atoms with Gasteiger partial charge in [0.25, 0.3) is 0 Å². The molecule has 0 amide bonds. The molecule has 0 unspecified atom stereocenters. The summed E-state index contributed by atoms with van der Waals surface area (Å²) in [4.78, 5) is 21.2. The molecule has 13 rings (SSSR count). The molecule has 0 spiro atoms. The van der Waals surface area contributed by atoms with Gasteiger partial charge in [0.15, 0.2) is 0 Å². The minimum atomic E-state index is 0.639. The summed E-state index contributed by atoms with van der Waals surface area (Å²) in [7, 11) is 0. The van der Waals surface area contributed by atoms with Crippen LogP contribution in [0.15, 0.2) is 194 Å². The van der Waals surface area contributed by atoms with Crippen molar-refractivity contribution >= 4 is 76.2 Å². The van der Waals surface area contributed by atoms with Crippen molar-refractivity contribution < 1.29 is 0 Å². The van der Waals surface area contributed by atoms with Gasteiger partial charge in [-0.1, -0.05) is 152 Å². The molecule has 9 aromatic carbocycles. The Morgan fingerprint density at radius 1 is 0.283 bits per heavy atom. The van der Waals surface area contributed by atoms with Gasteiger partial charge in [-0.15, -0.1) is 0 Å². The first-order valence-electron chi connectivity index (χ1n) is 20.2. The van der Waals surface area contributed by atoms with Crippen molar-refractivity contribution in [2.75, 3.05) is 0 Å². The fourth-order valence-electron chi connectivity index (χ4n) is 9.40. The third-order valence-corrected chi connectivity index (χ3v) is 12.1. The summed E-state index contributed by atoms with van der Waals surface area (Å²) in [6.45, 7) is 0. The highest BCUT2D eigenvalue weighted by Gasteiger charge is 2.22. The van der Waals surface area contributed by atoms with Crippen molar-refractivity contribution in [3.8, 4) is 45.5 Å². The van der Waals surface area contributed by atoms with E-state index in [-0.39, 0.29) is 0 Å². The maximum absolute atomic E-state index is 5.37. The SMILES string of the molecule is c1ccc(-c2nc(-n3c4ccccc4c4ccc(-c5cc6ccc7cccc8c7c6c(c5)n8-c5nc(-c6ccccc6)c6ccccc6n5)cc43)nc3ccccc23)cc1. The summed E-state index contributed by atoms with van der Waals surface area (Å²) in [6.07, 6.45) is 0. The van der Waals surface area contributed by atoms with Gasteiger partial charge in [-0.3, -0.25) is 9.13 Å². The number of rotatable bonds is 5. The molecule has 0 radical (unpaired) electrons. The van der Waals surface area contributed by atoms with Crippen molar-refractivity contribution in [2.24, 2.45) is 0 Å². The number of hydrogen-bond donors (Lipinski definition) is 0. The second kappa shape index (κ2) is 12.6. The van der Waals surface area contributed by atoms with E-state index >= 15 is 0 Å². The van der Waals surface area contributed by atoms with Crippen LogP contribution < -0.4 is 0 Å². The molecule has 278 valence electrons. The normalized spacial score (nSPS) is 12.0. The van der Waals surface area contributed by atoms with Gasteiger partial charge < -0.3 is 0 Å². The lowest BCUT2D eigenvalue weighted by atomic mass is 9.97. The van der Waals surface area contributed by atoms with Gasteiger partial charge in [-0.25, -0.2) is 19.9 Å². The minimum absolute atomic E-state index is 0.639. The predicted octanol–water partition coefficient (Wildman–Crippen LogP) is 13.4. The first-order valence-corrected chi connectivity index (χ1v) is 20.2. The molecule has 0 bridgehead atoms. The van der Waals surface area contributed by atoms with Crippen molar-refractivity contribution in [1.29, 1.82) is 0 Å². The molecular weight excluding hydrogens is 733 g/mol. The summed E-state index contributed by atoms with van der Waals surface area (Å²) < 4.78 is 4.49. The average molecular weight is 765 g/mol. The van der Waals surface area contributed by atoms with E-state index in [9.17, 15) is 0 Å². The van der Waals surface area contributed by atoms with Crippen LogP contribution in [-0.2, 0) is 0 Å². The minimum Gasteiger partial charge on any atom is -0.278 e. The van der Waals surface area contributed by atoms with Crippen LogP contribution in [0.3, 0.4) is 0 Å². The number of para-hydroxylation sites is 3. The molecule has 0 atom stereocenters. The Labute approximate surface area is 343 Å². The molecule has 4 aromatic heterocycles. The second-order valence-electron chi connectivity index (χ2n) is 15.5. The lowest BCUT2D eigenvalue weighted by molar-refractivity contribution is 1.01. The zero-order valence-electron chi connectivity index (χ0n) is 32.2. The molecule has 0 aliphatic heterocycles. The highest BCUT2D eigenvalue weighted by Crippen LogP contribution is 2.43. The van der Waals surface area contributed by atoms with E-state index in [1.54, 1.807) is 0 Å². The monoisotopic (exact) mass is 764 g/mol. The Morgan fingerprint density at radius 3 is 1.48 bits per heavy atom.